The number of benzene rings is 1. The van der Waals surface area contributed by atoms with Crippen molar-refractivity contribution in [2.45, 2.75) is 13.1 Å². The standard InChI is InChI=1S/C13H22O6Si/c1-15-8-9(16-2)11(18-4)13(20(6,7)14)12(19-5)10(8)17-3/h14H,1-7H3. The zero-order valence-electron chi connectivity index (χ0n) is 13.0. The van der Waals surface area contributed by atoms with Crippen molar-refractivity contribution in [2.75, 3.05) is 35.5 Å². The first-order chi connectivity index (χ1) is 9.37. The first-order valence-electron chi connectivity index (χ1n) is 6.04. The second kappa shape index (κ2) is 6.23. The first-order valence-corrected chi connectivity index (χ1v) is 8.98. The summed E-state index contributed by atoms with van der Waals surface area (Å²) in [4.78, 5) is 10.5. The van der Waals surface area contributed by atoms with E-state index >= 15 is 0 Å². The SMILES string of the molecule is COc1c(OC)c(OC)c([Si](C)(C)O)c(OC)c1OC. The van der Waals surface area contributed by atoms with Crippen molar-refractivity contribution >= 4 is 13.5 Å². The van der Waals surface area contributed by atoms with Crippen LogP contribution in [0, 0.1) is 0 Å². The highest BCUT2D eigenvalue weighted by molar-refractivity contribution is 6.84. The van der Waals surface area contributed by atoms with Crippen LogP contribution in [0.25, 0.3) is 0 Å². The third kappa shape index (κ3) is 2.64. The van der Waals surface area contributed by atoms with Crippen molar-refractivity contribution in [1.29, 1.82) is 0 Å². The Morgan fingerprint density at radius 2 is 0.850 bits per heavy atom. The van der Waals surface area contributed by atoms with Gasteiger partial charge in [-0.05, 0) is 13.1 Å². The van der Waals surface area contributed by atoms with E-state index in [1.165, 1.54) is 35.5 Å². The van der Waals surface area contributed by atoms with Crippen LogP contribution >= 0.6 is 0 Å². The molecule has 0 spiro atoms. The molecule has 1 rings (SSSR count). The third-order valence-corrected chi connectivity index (χ3v) is 4.59. The highest BCUT2D eigenvalue weighted by Crippen LogP contribution is 2.49. The van der Waals surface area contributed by atoms with E-state index in [0.717, 1.165) is 0 Å². The summed E-state index contributed by atoms with van der Waals surface area (Å²) in [5.74, 6) is 1.92. The van der Waals surface area contributed by atoms with E-state index in [2.05, 4.69) is 0 Å². The normalized spacial score (nSPS) is 11.0. The Labute approximate surface area is 120 Å². The van der Waals surface area contributed by atoms with Crippen molar-refractivity contribution in [3.8, 4) is 28.7 Å². The molecule has 0 unspecified atom stereocenters. The van der Waals surface area contributed by atoms with Crippen molar-refractivity contribution in [3.63, 3.8) is 0 Å². The molecule has 0 aliphatic heterocycles. The van der Waals surface area contributed by atoms with Crippen LogP contribution < -0.4 is 28.9 Å². The molecule has 0 aliphatic carbocycles. The molecular formula is C13H22O6Si. The fraction of sp³-hybridized carbons (Fsp3) is 0.538. The second-order valence-corrected chi connectivity index (χ2v) is 8.22. The largest absolute Gasteiger partial charge is 0.493 e. The Morgan fingerprint density at radius 3 is 1.05 bits per heavy atom. The Kier molecular flexibility index (Phi) is 5.13. The molecule has 0 saturated heterocycles. The molecule has 0 fully saturated rings. The molecule has 1 N–H and O–H groups in total. The van der Waals surface area contributed by atoms with Gasteiger partial charge in [0.15, 0.2) is 11.5 Å². The molecule has 114 valence electrons. The molecule has 0 aromatic heterocycles. The first kappa shape index (κ1) is 16.5. The van der Waals surface area contributed by atoms with Gasteiger partial charge in [-0.2, -0.15) is 0 Å². The van der Waals surface area contributed by atoms with Crippen LogP contribution in [0.4, 0.5) is 0 Å². The quantitative estimate of drug-likeness (QED) is 0.795. The van der Waals surface area contributed by atoms with Crippen LogP contribution in [0.5, 0.6) is 28.7 Å². The molecule has 0 radical (unpaired) electrons. The summed E-state index contributed by atoms with van der Waals surface area (Å²) in [6, 6.07) is 0. The summed E-state index contributed by atoms with van der Waals surface area (Å²) < 4.78 is 26.9. The summed E-state index contributed by atoms with van der Waals surface area (Å²) in [5.41, 5.74) is 0. The van der Waals surface area contributed by atoms with Crippen LogP contribution in [0.3, 0.4) is 0 Å². The van der Waals surface area contributed by atoms with Gasteiger partial charge in [0.2, 0.25) is 25.6 Å². The zero-order valence-corrected chi connectivity index (χ0v) is 14.0. The maximum atomic E-state index is 10.5. The smallest absolute Gasteiger partial charge is 0.222 e. The minimum absolute atomic E-state index is 0.366. The predicted octanol–water partition coefficient (Wildman–Crippen LogP) is 1.13. The van der Waals surface area contributed by atoms with E-state index in [1.54, 1.807) is 13.1 Å². The van der Waals surface area contributed by atoms with E-state index in [-0.39, 0.29) is 0 Å². The fourth-order valence-corrected chi connectivity index (χ4v) is 3.68. The number of methoxy groups -OCH3 is 5. The van der Waals surface area contributed by atoms with Crippen LogP contribution in [-0.4, -0.2) is 48.7 Å². The van der Waals surface area contributed by atoms with E-state index < -0.39 is 8.32 Å². The summed E-state index contributed by atoms with van der Waals surface area (Å²) in [6.07, 6.45) is 0. The molecule has 20 heavy (non-hydrogen) atoms. The molecule has 0 heterocycles. The Balaban J connectivity index is 3.90. The maximum absolute atomic E-state index is 10.5. The monoisotopic (exact) mass is 302 g/mol. The van der Waals surface area contributed by atoms with E-state index in [0.29, 0.717) is 33.9 Å². The van der Waals surface area contributed by atoms with Gasteiger partial charge in [-0.15, -0.1) is 0 Å². The van der Waals surface area contributed by atoms with E-state index in [9.17, 15) is 4.80 Å². The number of rotatable bonds is 6. The van der Waals surface area contributed by atoms with Gasteiger partial charge in [0.1, 0.15) is 0 Å². The van der Waals surface area contributed by atoms with Gasteiger partial charge < -0.3 is 28.5 Å². The van der Waals surface area contributed by atoms with Crippen molar-refractivity contribution in [3.05, 3.63) is 0 Å². The molecular weight excluding hydrogens is 280 g/mol. The minimum Gasteiger partial charge on any atom is -0.493 e. The van der Waals surface area contributed by atoms with Crippen LogP contribution in [0.1, 0.15) is 0 Å². The van der Waals surface area contributed by atoms with Crippen LogP contribution in [-0.2, 0) is 0 Å². The van der Waals surface area contributed by atoms with Crippen molar-refractivity contribution in [2.24, 2.45) is 0 Å². The Hall–Kier alpha value is -1.60. The molecule has 0 aliphatic rings. The zero-order chi connectivity index (χ0) is 15.5. The lowest BCUT2D eigenvalue weighted by Gasteiger charge is -2.26. The van der Waals surface area contributed by atoms with Crippen LogP contribution in [0.15, 0.2) is 0 Å². The summed E-state index contributed by atoms with van der Waals surface area (Å²) in [5, 5.41) is 0.567. The molecule has 7 heteroatoms. The highest BCUT2D eigenvalue weighted by Gasteiger charge is 2.37. The Morgan fingerprint density at radius 1 is 0.600 bits per heavy atom. The number of hydrogen-bond acceptors (Lipinski definition) is 6. The number of hydrogen-bond donors (Lipinski definition) is 1. The van der Waals surface area contributed by atoms with Crippen molar-refractivity contribution in [1.82, 2.24) is 0 Å². The van der Waals surface area contributed by atoms with E-state index in [4.69, 9.17) is 23.7 Å². The lowest BCUT2D eigenvalue weighted by atomic mass is 10.2. The average Bonchev–Trinajstić information content (AvgIpc) is 2.42. The van der Waals surface area contributed by atoms with Gasteiger partial charge in [0, 0.05) is 0 Å². The van der Waals surface area contributed by atoms with Gasteiger partial charge in [-0.3, -0.25) is 0 Å². The van der Waals surface area contributed by atoms with Gasteiger partial charge in [-0.1, -0.05) is 0 Å². The average molecular weight is 302 g/mol. The lowest BCUT2D eigenvalue weighted by Crippen LogP contribution is -2.43. The van der Waals surface area contributed by atoms with Gasteiger partial charge in [0.05, 0.1) is 40.7 Å². The molecule has 1 aromatic carbocycles. The topological polar surface area (TPSA) is 66.4 Å². The fourth-order valence-electron chi connectivity index (χ4n) is 2.14. The summed E-state index contributed by atoms with van der Waals surface area (Å²) in [6.45, 7) is 3.53. The van der Waals surface area contributed by atoms with Crippen LogP contribution in [0.2, 0.25) is 13.1 Å². The maximum Gasteiger partial charge on any atom is 0.222 e. The third-order valence-electron chi connectivity index (χ3n) is 2.91. The summed E-state index contributed by atoms with van der Waals surface area (Å²) in [7, 11) is 4.76. The molecule has 0 saturated carbocycles. The van der Waals surface area contributed by atoms with E-state index in [1.807, 2.05) is 0 Å². The second-order valence-electron chi connectivity index (χ2n) is 4.60. The van der Waals surface area contributed by atoms with Gasteiger partial charge >= 0.3 is 0 Å². The molecule has 6 nitrogen and oxygen atoms in total. The summed E-state index contributed by atoms with van der Waals surface area (Å²) >= 11 is 0. The molecule has 0 atom stereocenters. The number of ether oxygens (including phenoxy) is 5. The highest BCUT2D eigenvalue weighted by atomic mass is 28.4. The molecule has 0 bridgehead atoms. The lowest BCUT2D eigenvalue weighted by molar-refractivity contribution is 0.292. The predicted molar refractivity (Wildman–Crippen MR) is 78.5 cm³/mol. The van der Waals surface area contributed by atoms with Crippen molar-refractivity contribution < 1.29 is 28.5 Å². The minimum atomic E-state index is -2.76. The molecule has 1 aromatic rings. The van der Waals surface area contributed by atoms with Gasteiger partial charge in [0.25, 0.3) is 0 Å². The Bertz CT molecular complexity index is 448. The van der Waals surface area contributed by atoms with Gasteiger partial charge in [-0.25, -0.2) is 0 Å². The molecule has 0 amide bonds.